The number of rotatable bonds is 5. The van der Waals surface area contributed by atoms with Crippen LogP contribution in [-0.2, 0) is 9.53 Å². The Morgan fingerprint density at radius 3 is 2.76 bits per heavy atom. The maximum atomic E-state index is 13.4. The average molecular weight is 297 g/mol. The van der Waals surface area contributed by atoms with Gasteiger partial charge in [0.05, 0.1) is 0 Å². The van der Waals surface area contributed by atoms with Crippen molar-refractivity contribution in [2.24, 2.45) is 0 Å². The van der Waals surface area contributed by atoms with Crippen molar-refractivity contribution < 1.29 is 28.6 Å². The van der Waals surface area contributed by atoms with Crippen molar-refractivity contribution in [2.45, 2.75) is 18.9 Å². The number of halogens is 1. The number of carbonyl (C=O) groups is 2. The van der Waals surface area contributed by atoms with Gasteiger partial charge in [-0.1, -0.05) is 6.07 Å². The Balaban J connectivity index is 1.92. The van der Waals surface area contributed by atoms with Crippen molar-refractivity contribution in [2.75, 3.05) is 19.8 Å². The van der Waals surface area contributed by atoms with Crippen LogP contribution in [0.4, 0.5) is 4.39 Å². The van der Waals surface area contributed by atoms with Gasteiger partial charge in [-0.15, -0.1) is 0 Å². The molecular formula is C14H16FNO5. The fraction of sp³-hybridized carbons (Fsp3) is 0.429. The van der Waals surface area contributed by atoms with E-state index in [0.29, 0.717) is 13.2 Å². The van der Waals surface area contributed by atoms with Crippen LogP contribution in [-0.4, -0.2) is 42.8 Å². The minimum absolute atomic E-state index is 0.0290. The molecule has 1 aromatic rings. The third kappa shape index (κ3) is 4.16. The van der Waals surface area contributed by atoms with Gasteiger partial charge in [-0.05, 0) is 25.0 Å². The molecule has 1 aliphatic rings. The van der Waals surface area contributed by atoms with Crippen molar-refractivity contribution in [3.63, 3.8) is 0 Å². The summed E-state index contributed by atoms with van der Waals surface area (Å²) in [5.41, 5.74) is -0.573. The molecule has 1 saturated heterocycles. The lowest BCUT2D eigenvalue weighted by atomic mass is 10.1. The highest BCUT2D eigenvalue weighted by atomic mass is 19.1. The Morgan fingerprint density at radius 2 is 2.10 bits per heavy atom. The van der Waals surface area contributed by atoms with Crippen LogP contribution in [0, 0.1) is 5.82 Å². The molecule has 2 rings (SSSR count). The molecule has 0 bridgehead atoms. The number of hydrogen-bond acceptors (Lipinski definition) is 4. The van der Waals surface area contributed by atoms with E-state index in [1.54, 1.807) is 0 Å². The topological polar surface area (TPSA) is 84.9 Å². The van der Waals surface area contributed by atoms with Crippen LogP contribution in [0.2, 0.25) is 0 Å². The summed E-state index contributed by atoms with van der Waals surface area (Å²) in [5.74, 6) is -2.87. The number of carboxylic acids is 1. The summed E-state index contributed by atoms with van der Waals surface area (Å²) in [5, 5.41) is 11.7. The van der Waals surface area contributed by atoms with E-state index < -0.39 is 17.3 Å². The predicted octanol–water partition coefficient (Wildman–Crippen LogP) is 1.20. The monoisotopic (exact) mass is 297 g/mol. The Morgan fingerprint density at radius 1 is 1.38 bits per heavy atom. The summed E-state index contributed by atoms with van der Waals surface area (Å²) >= 11 is 0. The van der Waals surface area contributed by atoms with Crippen LogP contribution in [0.5, 0.6) is 5.75 Å². The van der Waals surface area contributed by atoms with Crippen molar-refractivity contribution in [1.29, 1.82) is 0 Å². The zero-order valence-electron chi connectivity index (χ0n) is 11.3. The average Bonchev–Trinajstić information content (AvgIpc) is 2.45. The van der Waals surface area contributed by atoms with E-state index in [-0.39, 0.29) is 24.3 Å². The molecule has 0 aliphatic carbocycles. The molecule has 1 amide bonds. The first-order valence-corrected chi connectivity index (χ1v) is 6.59. The number of carbonyl (C=O) groups excluding carboxylic acids is 1. The molecule has 0 unspecified atom stereocenters. The van der Waals surface area contributed by atoms with Crippen molar-refractivity contribution in [3.8, 4) is 5.75 Å². The number of hydrogen-bond donors (Lipinski definition) is 2. The molecule has 1 aromatic carbocycles. The highest BCUT2D eigenvalue weighted by Crippen LogP contribution is 2.21. The van der Waals surface area contributed by atoms with E-state index in [4.69, 9.17) is 14.6 Å². The molecule has 1 fully saturated rings. The van der Waals surface area contributed by atoms with E-state index in [1.165, 1.54) is 12.1 Å². The van der Waals surface area contributed by atoms with Crippen molar-refractivity contribution >= 4 is 11.9 Å². The van der Waals surface area contributed by atoms with E-state index in [0.717, 1.165) is 18.9 Å². The fourth-order valence-corrected chi connectivity index (χ4v) is 2.09. The lowest BCUT2D eigenvalue weighted by molar-refractivity contribution is -0.124. The van der Waals surface area contributed by atoms with Crippen LogP contribution in [0.3, 0.4) is 0 Å². The Labute approximate surface area is 120 Å². The Bertz CT molecular complexity index is 528. The summed E-state index contributed by atoms with van der Waals surface area (Å²) in [4.78, 5) is 22.7. The van der Waals surface area contributed by atoms with Gasteiger partial charge in [0.25, 0.3) is 5.91 Å². The van der Waals surface area contributed by atoms with Gasteiger partial charge in [0, 0.05) is 19.3 Å². The zero-order chi connectivity index (χ0) is 15.2. The van der Waals surface area contributed by atoms with Gasteiger partial charge in [-0.2, -0.15) is 0 Å². The molecule has 0 atom stereocenters. The number of ether oxygens (including phenoxy) is 2. The van der Waals surface area contributed by atoms with E-state index in [9.17, 15) is 14.0 Å². The summed E-state index contributed by atoms with van der Waals surface area (Å²) < 4.78 is 23.7. The highest BCUT2D eigenvalue weighted by Gasteiger charge is 2.19. The van der Waals surface area contributed by atoms with Gasteiger partial charge in [-0.25, -0.2) is 9.18 Å². The third-order valence-electron chi connectivity index (χ3n) is 3.13. The SMILES string of the molecule is O=C(COc1cccc(F)c1C(=O)O)NC1CCOCC1. The highest BCUT2D eigenvalue weighted by molar-refractivity contribution is 5.91. The molecule has 21 heavy (non-hydrogen) atoms. The number of amides is 1. The predicted molar refractivity (Wildman–Crippen MR) is 70.8 cm³/mol. The fourth-order valence-electron chi connectivity index (χ4n) is 2.09. The number of nitrogens with one attached hydrogen (secondary N) is 1. The lowest BCUT2D eigenvalue weighted by Crippen LogP contribution is -2.41. The second kappa shape index (κ2) is 7.03. The molecule has 2 N–H and O–H groups in total. The van der Waals surface area contributed by atoms with Crippen LogP contribution >= 0.6 is 0 Å². The van der Waals surface area contributed by atoms with Crippen LogP contribution < -0.4 is 10.1 Å². The molecule has 1 aliphatic heterocycles. The van der Waals surface area contributed by atoms with Gasteiger partial charge in [0.2, 0.25) is 0 Å². The minimum atomic E-state index is -1.44. The van der Waals surface area contributed by atoms with Crippen LogP contribution in [0.25, 0.3) is 0 Å². The first-order valence-electron chi connectivity index (χ1n) is 6.59. The summed E-state index contributed by atoms with van der Waals surface area (Å²) in [6, 6.07) is 3.70. The van der Waals surface area contributed by atoms with E-state index >= 15 is 0 Å². The second-order valence-electron chi connectivity index (χ2n) is 4.66. The molecule has 0 saturated carbocycles. The minimum Gasteiger partial charge on any atom is -0.483 e. The van der Waals surface area contributed by atoms with Crippen molar-refractivity contribution in [3.05, 3.63) is 29.6 Å². The van der Waals surface area contributed by atoms with Gasteiger partial charge < -0.3 is 19.9 Å². The number of carboxylic acid groups (broad SMARTS) is 1. The molecule has 0 radical (unpaired) electrons. The summed E-state index contributed by atoms with van der Waals surface area (Å²) in [6.45, 7) is 0.832. The molecule has 0 aromatic heterocycles. The van der Waals surface area contributed by atoms with E-state index in [1.807, 2.05) is 0 Å². The molecule has 6 nitrogen and oxygen atoms in total. The van der Waals surface area contributed by atoms with Gasteiger partial charge >= 0.3 is 5.97 Å². The normalized spacial score (nSPS) is 15.5. The maximum Gasteiger partial charge on any atom is 0.342 e. The summed E-state index contributed by atoms with van der Waals surface area (Å²) in [6.07, 6.45) is 1.46. The van der Waals surface area contributed by atoms with E-state index in [2.05, 4.69) is 5.32 Å². The third-order valence-corrected chi connectivity index (χ3v) is 3.13. The largest absolute Gasteiger partial charge is 0.483 e. The molecular weight excluding hydrogens is 281 g/mol. The first-order chi connectivity index (χ1) is 10.1. The standard InChI is InChI=1S/C14H16FNO5/c15-10-2-1-3-11(13(10)14(18)19)21-8-12(17)16-9-4-6-20-7-5-9/h1-3,9H,4-8H2,(H,16,17)(H,18,19). The molecule has 1 heterocycles. The van der Waals surface area contributed by atoms with Crippen molar-refractivity contribution in [1.82, 2.24) is 5.32 Å². The Kier molecular flexibility index (Phi) is 5.10. The zero-order valence-corrected chi connectivity index (χ0v) is 11.3. The van der Waals surface area contributed by atoms with Crippen LogP contribution in [0.1, 0.15) is 23.2 Å². The lowest BCUT2D eigenvalue weighted by Gasteiger charge is -2.23. The molecule has 7 heteroatoms. The van der Waals surface area contributed by atoms with Gasteiger partial charge in [0.15, 0.2) is 6.61 Å². The van der Waals surface area contributed by atoms with Gasteiger partial charge in [-0.3, -0.25) is 4.79 Å². The number of benzene rings is 1. The first kappa shape index (κ1) is 15.2. The second-order valence-corrected chi connectivity index (χ2v) is 4.66. The maximum absolute atomic E-state index is 13.4. The molecule has 114 valence electrons. The van der Waals surface area contributed by atoms with Gasteiger partial charge in [0.1, 0.15) is 17.1 Å². The molecule has 0 spiro atoms. The summed E-state index contributed by atoms with van der Waals surface area (Å²) in [7, 11) is 0. The number of aromatic carboxylic acids is 1. The van der Waals surface area contributed by atoms with Crippen LogP contribution in [0.15, 0.2) is 18.2 Å². The Hall–Kier alpha value is -2.15. The quantitative estimate of drug-likeness (QED) is 0.853. The smallest absolute Gasteiger partial charge is 0.342 e.